The van der Waals surface area contributed by atoms with E-state index in [0.717, 1.165) is 40.9 Å². The third-order valence-electron chi connectivity index (χ3n) is 3.80. The average molecular weight is 290 g/mol. The predicted molar refractivity (Wildman–Crippen MR) is 79.5 cm³/mol. The van der Waals surface area contributed by atoms with E-state index in [1.54, 1.807) is 11.3 Å². The van der Waals surface area contributed by atoms with Crippen LogP contribution in [0.1, 0.15) is 37.1 Å². The molecule has 0 saturated heterocycles. The first kappa shape index (κ1) is 13.5. The topological polar surface area (TPSA) is 62.2 Å². The number of fused-ring (bicyclic) bond motifs is 1. The van der Waals surface area contributed by atoms with E-state index < -0.39 is 5.60 Å². The molecule has 0 radical (unpaired) electrons. The van der Waals surface area contributed by atoms with E-state index in [-0.39, 0.29) is 12.3 Å². The summed E-state index contributed by atoms with van der Waals surface area (Å²) in [4.78, 5) is 16.4. The number of carbonyl (C=O) groups is 1. The molecular formula is C15H18N2O2S. The summed E-state index contributed by atoms with van der Waals surface area (Å²) >= 11 is 1.59. The second-order valence-corrected chi connectivity index (χ2v) is 6.58. The second-order valence-electron chi connectivity index (χ2n) is 5.46. The molecular weight excluding hydrogens is 272 g/mol. The first-order valence-electron chi connectivity index (χ1n) is 6.98. The van der Waals surface area contributed by atoms with Crippen LogP contribution in [0.15, 0.2) is 24.3 Å². The number of para-hydroxylation sites is 1. The number of nitrogens with zero attached hydrogens (tertiary/aromatic N) is 1. The third kappa shape index (κ3) is 2.99. The molecule has 1 aliphatic carbocycles. The SMILES string of the molecule is O=C(CC1(O)CCCC1)NCc1nc2ccccc2s1. The summed E-state index contributed by atoms with van der Waals surface area (Å²) in [6, 6.07) is 7.94. The lowest BCUT2D eigenvalue weighted by molar-refractivity contribution is -0.126. The molecule has 0 unspecified atom stereocenters. The Kier molecular flexibility index (Phi) is 3.72. The van der Waals surface area contributed by atoms with Gasteiger partial charge in [-0.2, -0.15) is 0 Å². The van der Waals surface area contributed by atoms with Crippen molar-refractivity contribution in [3.05, 3.63) is 29.3 Å². The van der Waals surface area contributed by atoms with Crippen LogP contribution in [0.25, 0.3) is 10.2 Å². The van der Waals surface area contributed by atoms with E-state index in [4.69, 9.17) is 0 Å². The van der Waals surface area contributed by atoms with E-state index in [0.29, 0.717) is 6.54 Å². The normalized spacial score (nSPS) is 17.4. The van der Waals surface area contributed by atoms with Crippen molar-refractivity contribution < 1.29 is 9.90 Å². The van der Waals surface area contributed by atoms with Gasteiger partial charge in [-0.15, -0.1) is 11.3 Å². The number of amides is 1. The van der Waals surface area contributed by atoms with Crippen LogP contribution in [0.4, 0.5) is 0 Å². The number of hydrogen-bond donors (Lipinski definition) is 2. The summed E-state index contributed by atoms with van der Waals surface area (Å²) < 4.78 is 1.13. The fourth-order valence-electron chi connectivity index (χ4n) is 2.74. The molecule has 2 N–H and O–H groups in total. The summed E-state index contributed by atoms with van der Waals surface area (Å²) in [6.07, 6.45) is 3.71. The van der Waals surface area contributed by atoms with E-state index >= 15 is 0 Å². The Bertz CT molecular complexity index is 584. The molecule has 20 heavy (non-hydrogen) atoms. The van der Waals surface area contributed by atoms with Crippen LogP contribution in [0.3, 0.4) is 0 Å². The van der Waals surface area contributed by atoms with Gasteiger partial charge in [-0.05, 0) is 25.0 Å². The van der Waals surface area contributed by atoms with E-state index in [1.807, 2.05) is 24.3 Å². The molecule has 1 aliphatic rings. The van der Waals surface area contributed by atoms with Gasteiger partial charge in [0, 0.05) is 0 Å². The smallest absolute Gasteiger partial charge is 0.223 e. The van der Waals surface area contributed by atoms with Gasteiger partial charge < -0.3 is 10.4 Å². The Hall–Kier alpha value is -1.46. The van der Waals surface area contributed by atoms with Crippen LogP contribution in [0.2, 0.25) is 0 Å². The van der Waals surface area contributed by atoms with Gasteiger partial charge in [0.25, 0.3) is 0 Å². The molecule has 0 aliphatic heterocycles. The Morgan fingerprint density at radius 3 is 2.85 bits per heavy atom. The van der Waals surface area contributed by atoms with Crippen molar-refractivity contribution in [3.63, 3.8) is 0 Å². The standard InChI is InChI=1S/C15H18N2O2S/c18-13(9-15(19)7-3-4-8-15)16-10-14-17-11-5-1-2-6-12(11)20-14/h1-2,5-6,19H,3-4,7-10H2,(H,16,18). The highest BCUT2D eigenvalue weighted by atomic mass is 32.1. The largest absolute Gasteiger partial charge is 0.389 e. The van der Waals surface area contributed by atoms with Crippen molar-refractivity contribution in [3.8, 4) is 0 Å². The van der Waals surface area contributed by atoms with Crippen molar-refractivity contribution in [2.24, 2.45) is 0 Å². The molecule has 1 amide bonds. The van der Waals surface area contributed by atoms with Crippen LogP contribution >= 0.6 is 11.3 Å². The fraction of sp³-hybridized carbons (Fsp3) is 0.467. The molecule has 0 spiro atoms. The molecule has 4 nitrogen and oxygen atoms in total. The summed E-state index contributed by atoms with van der Waals surface area (Å²) in [7, 11) is 0. The average Bonchev–Trinajstić information content (AvgIpc) is 3.02. The number of aromatic nitrogens is 1. The Morgan fingerprint density at radius 1 is 1.35 bits per heavy atom. The highest BCUT2D eigenvalue weighted by molar-refractivity contribution is 7.18. The maximum Gasteiger partial charge on any atom is 0.223 e. The molecule has 106 valence electrons. The van der Waals surface area contributed by atoms with Crippen molar-refractivity contribution in [2.75, 3.05) is 0 Å². The molecule has 0 atom stereocenters. The van der Waals surface area contributed by atoms with Gasteiger partial charge in [0.2, 0.25) is 5.91 Å². The van der Waals surface area contributed by atoms with Gasteiger partial charge in [-0.3, -0.25) is 4.79 Å². The molecule has 1 saturated carbocycles. The maximum atomic E-state index is 11.9. The molecule has 1 aromatic heterocycles. The van der Waals surface area contributed by atoms with Crippen LogP contribution in [0.5, 0.6) is 0 Å². The quantitative estimate of drug-likeness (QED) is 0.910. The summed E-state index contributed by atoms with van der Waals surface area (Å²) in [6.45, 7) is 0.439. The lowest BCUT2D eigenvalue weighted by Gasteiger charge is -2.20. The number of aliphatic hydroxyl groups is 1. The fourth-order valence-corrected chi connectivity index (χ4v) is 3.65. The summed E-state index contributed by atoms with van der Waals surface area (Å²) in [5, 5.41) is 14.0. The van der Waals surface area contributed by atoms with Gasteiger partial charge in [0.15, 0.2) is 0 Å². The van der Waals surface area contributed by atoms with Crippen molar-refractivity contribution in [1.29, 1.82) is 0 Å². The highest BCUT2D eigenvalue weighted by Crippen LogP contribution is 2.32. The molecule has 0 bridgehead atoms. The van der Waals surface area contributed by atoms with Gasteiger partial charge in [-0.25, -0.2) is 4.98 Å². The first-order chi connectivity index (χ1) is 9.65. The third-order valence-corrected chi connectivity index (χ3v) is 4.84. The Balaban J connectivity index is 1.57. The second kappa shape index (κ2) is 5.50. The number of rotatable bonds is 4. The van der Waals surface area contributed by atoms with Crippen molar-refractivity contribution >= 4 is 27.5 Å². The highest BCUT2D eigenvalue weighted by Gasteiger charge is 2.33. The van der Waals surface area contributed by atoms with Crippen LogP contribution in [0, 0.1) is 0 Å². The molecule has 5 heteroatoms. The zero-order chi connectivity index (χ0) is 14.0. The van der Waals surface area contributed by atoms with E-state index in [9.17, 15) is 9.90 Å². The molecule has 1 fully saturated rings. The Labute approximate surface area is 121 Å². The number of benzene rings is 1. The number of carbonyl (C=O) groups excluding carboxylic acids is 1. The minimum Gasteiger partial charge on any atom is -0.389 e. The minimum absolute atomic E-state index is 0.0892. The van der Waals surface area contributed by atoms with E-state index in [2.05, 4.69) is 10.3 Å². The summed E-state index contributed by atoms with van der Waals surface area (Å²) in [5.41, 5.74) is 0.189. The molecule has 1 aromatic carbocycles. The van der Waals surface area contributed by atoms with Crippen LogP contribution in [-0.4, -0.2) is 21.6 Å². The zero-order valence-electron chi connectivity index (χ0n) is 11.3. The maximum absolute atomic E-state index is 11.9. The lowest BCUT2D eigenvalue weighted by atomic mass is 9.98. The number of nitrogens with one attached hydrogen (secondary N) is 1. The first-order valence-corrected chi connectivity index (χ1v) is 7.80. The van der Waals surface area contributed by atoms with Gasteiger partial charge >= 0.3 is 0 Å². The predicted octanol–water partition coefficient (Wildman–Crippen LogP) is 2.61. The van der Waals surface area contributed by atoms with Crippen molar-refractivity contribution in [2.45, 2.75) is 44.2 Å². The van der Waals surface area contributed by atoms with E-state index in [1.165, 1.54) is 0 Å². The molecule has 3 rings (SSSR count). The van der Waals surface area contributed by atoms with Gasteiger partial charge in [0.05, 0.1) is 28.8 Å². The Morgan fingerprint density at radius 2 is 2.10 bits per heavy atom. The van der Waals surface area contributed by atoms with Crippen LogP contribution < -0.4 is 5.32 Å². The monoisotopic (exact) mass is 290 g/mol. The number of thiazole rings is 1. The summed E-state index contributed by atoms with van der Waals surface area (Å²) in [5.74, 6) is -0.0892. The molecule has 2 aromatic rings. The van der Waals surface area contributed by atoms with Gasteiger partial charge in [0.1, 0.15) is 5.01 Å². The minimum atomic E-state index is -0.780. The zero-order valence-corrected chi connectivity index (χ0v) is 12.1. The lowest BCUT2D eigenvalue weighted by Crippen LogP contribution is -2.34. The van der Waals surface area contributed by atoms with Crippen molar-refractivity contribution in [1.82, 2.24) is 10.3 Å². The van der Waals surface area contributed by atoms with Gasteiger partial charge in [-0.1, -0.05) is 25.0 Å². The number of hydrogen-bond acceptors (Lipinski definition) is 4. The molecule has 1 heterocycles. The van der Waals surface area contributed by atoms with Crippen LogP contribution in [-0.2, 0) is 11.3 Å².